The number of benzene rings is 1. The molecule has 1 amide bonds. The van der Waals surface area contributed by atoms with E-state index in [0.717, 1.165) is 18.7 Å². The van der Waals surface area contributed by atoms with Crippen molar-refractivity contribution in [1.29, 1.82) is 0 Å². The minimum atomic E-state index is -0.469. The highest BCUT2D eigenvalue weighted by Crippen LogP contribution is 2.44. The molecule has 1 fully saturated rings. The van der Waals surface area contributed by atoms with Gasteiger partial charge in [0, 0.05) is 23.6 Å². The Morgan fingerprint density at radius 3 is 2.70 bits per heavy atom. The predicted octanol–water partition coefficient (Wildman–Crippen LogP) is 1.98. The van der Waals surface area contributed by atoms with Crippen LogP contribution in [0.3, 0.4) is 0 Å². The summed E-state index contributed by atoms with van der Waals surface area (Å²) in [5.41, 5.74) is 13.1. The van der Waals surface area contributed by atoms with Crippen LogP contribution in [-0.2, 0) is 4.74 Å². The number of amides is 1. The minimum absolute atomic E-state index is 0.0603. The molecule has 110 valence electrons. The summed E-state index contributed by atoms with van der Waals surface area (Å²) in [5, 5.41) is 3.43. The second kappa shape index (κ2) is 5.32. The van der Waals surface area contributed by atoms with E-state index in [9.17, 15) is 4.79 Å². The van der Waals surface area contributed by atoms with E-state index in [1.807, 2.05) is 6.92 Å². The van der Waals surface area contributed by atoms with Gasteiger partial charge < -0.3 is 21.5 Å². The van der Waals surface area contributed by atoms with E-state index in [1.165, 1.54) is 0 Å². The van der Waals surface area contributed by atoms with Crippen LogP contribution in [0.5, 0.6) is 0 Å². The van der Waals surface area contributed by atoms with Crippen LogP contribution in [0.1, 0.15) is 37.6 Å². The molecule has 2 rings (SSSR count). The summed E-state index contributed by atoms with van der Waals surface area (Å²) in [6.45, 7) is 7.11. The number of carbonyl (C=O) groups excluding carboxylic acids is 1. The van der Waals surface area contributed by atoms with Crippen LogP contribution >= 0.6 is 0 Å². The Hall–Kier alpha value is -1.75. The van der Waals surface area contributed by atoms with Gasteiger partial charge in [-0.3, -0.25) is 4.79 Å². The van der Waals surface area contributed by atoms with E-state index in [2.05, 4.69) is 19.2 Å². The molecule has 2 unspecified atom stereocenters. The van der Waals surface area contributed by atoms with Crippen molar-refractivity contribution in [1.82, 2.24) is 0 Å². The Labute approximate surface area is 119 Å². The van der Waals surface area contributed by atoms with Crippen LogP contribution in [-0.4, -0.2) is 24.7 Å². The van der Waals surface area contributed by atoms with Gasteiger partial charge in [-0.25, -0.2) is 0 Å². The summed E-state index contributed by atoms with van der Waals surface area (Å²) in [4.78, 5) is 11.1. The fourth-order valence-electron chi connectivity index (χ4n) is 2.65. The van der Waals surface area contributed by atoms with Crippen molar-refractivity contribution in [3.05, 3.63) is 23.8 Å². The maximum Gasteiger partial charge on any atom is 0.248 e. The van der Waals surface area contributed by atoms with Crippen LogP contribution in [0, 0.1) is 5.41 Å². The summed E-state index contributed by atoms with van der Waals surface area (Å²) < 4.78 is 5.71. The molecule has 1 aromatic carbocycles. The Kier molecular flexibility index (Phi) is 3.90. The average Bonchev–Trinajstić information content (AvgIpc) is 2.39. The number of primary amides is 1. The molecule has 20 heavy (non-hydrogen) atoms. The molecule has 0 bridgehead atoms. The Balaban J connectivity index is 2.07. The molecule has 0 radical (unpaired) electrons. The number of rotatable bonds is 5. The molecule has 1 aliphatic carbocycles. The van der Waals surface area contributed by atoms with E-state index >= 15 is 0 Å². The lowest BCUT2D eigenvalue weighted by atomic mass is 9.64. The van der Waals surface area contributed by atoms with E-state index in [1.54, 1.807) is 18.2 Å². The molecule has 5 N–H and O–H groups in total. The van der Waals surface area contributed by atoms with Crippen LogP contribution < -0.4 is 16.8 Å². The van der Waals surface area contributed by atoms with Crippen molar-refractivity contribution in [2.24, 2.45) is 11.1 Å². The standard InChI is InChI=1S/C15H23N3O2/c1-4-20-13-8-12(15(13,2)3)18-11-6-5-9(14(17)19)7-10(11)16/h5-7,12-13,18H,4,8,16H2,1-3H3,(H2,17,19). The van der Waals surface area contributed by atoms with Gasteiger partial charge in [-0.05, 0) is 31.5 Å². The van der Waals surface area contributed by atoms with Crippen LogP contribution in [0.2, 0.25) is 0 Å². The number of ether oxygens (including phenoxy) is 1. The summed E-state index contributed by atoms with van der Waals surface area (Å²) >= 11 is 0. The van der Waals surface area contributed by atoms with Gasteiger partial charge >= 0.3 is 0 Å². The molecule has 1 saturated carbocycles. The lowest BCUT2D eigenvalue weighted by Gasteiger charge is -2.52. The quantitative estimate of drug-likeness (QED) is 0.718. The van der Waals surface area contributed by atoms with Crippen molar-refractivity contribution in [2.75, 3.05) is 17.7 Å². The van der Waals surface area contributed by atoms with Crippen molar-refractivity contribution >= 4 is 17.3 Å². The molecule has 5 nitrogen and oxygen atoms in total. The molecule has 0 heterocycles. The third kappa shape index (κ3) is 2.58. The highest BCUT2D eigenvalue weighted by atomic mass is 16.5. The predicted molar refractivity (Wildman–Crippen MR) is 80.6 cm³/mol. The third-order valence-electron chi connectivity index (χ3n) is 4.21. The van der Waals surface area contributed by atoms with E-state index < -0.39 is 5.91 Å². The molecule has 2 atom stereocenters. The number of nitrogen functional groups attached to an aromatic ring is 1. The number of anilines is 2. The fraction of sp³-hybridized carbons (Fsp3) is 0.533. The van der Waals surface area contributed by atoms with Crippen LogP contribution in [0.4, 0.5) is 11.4 Å². The number of hydrogen-bond acceptors (Lipinski definition) is 4. The van der Waals surface area contributed by atoms with Gasteiger partial charge in [0.2, 0.25) is 5.91 Å². The van der Waals surface area contributed by atoms with Gasteiger partial charge in [0.15, 0.2) is 0 Å². The number of nitrogens with one attached hydrogen (secondary N) is 1. The Morgan fingerprint density at radius 2 is 2.20 bits per heavy atom. The monoisotopic (exact) mass is 277 g/mol. The normalized spacial score (nSPS) is 23.9. The molecule has 1 aromatic rings. The fourth-order valence-corrected chi connectivity index (χ4v) is 2.65. The van der Waals surface area contributed by atoms with E-state index in [0.29, 0.717) is 17.3 Å². The molecule has 1 aliphatic rings. The lowest BCUT2D eigenvalue weighted by molar-refractivity contribution is -0.0975. The van der Waals surface area contributed by atoms with Crippen molar-refractivity contribution in [3.8, 4) is 0 Å². The summed E-state index contributed by atoms with van der Waals surface area (Å²) in [5.74, 6) is -0.469. The highest BCUT2D eigenvalue weighted by molar-refractivity contribution is 5.94. The van der Waals surface area contributed by atoms with Gasteiger partial charge in [-0.1, -0.05) is 13.8 Å². The summed E-state index contributed by atoms with van der Waals surface area (Å²) in [6.07, 6.45) is 1.23. The average molecular weight is 277 g/mol. The topological polar surface area (TPSA) is 90.4 Å². The molecular weight excluding hydrogens is 254 g/mol. The summed E-state index contributed by atoms with van der Waals surface area (Å²) in [6, 6.07) is 5.41. The molecule has 0 spiro atoms. The first-order chi connectivity index (χ1) is 9.36. The van der Waals surface area contributed by atoms with E-state index in [4.69, 9.17) is 16.2 Å². The number of nitrogens with two attached hydrogens (primary N) is 2. The van der Waals surface area contributed by atoms with Gasteiger partial charge in [0.1, 0.15) is 0 Å². The number of carbonyl (C=O) groups is 1. The molecule has 5 heteroatoms. The van der Waals surface area contributed by atoms with Gasteiger partial charge in [-0.2, -0.15) is 0 Å². The molecule has 0 aromatic heterocycles. The smallest absolute Gasteiger partial charge is 0.248 e. The zero-order valence-corrected chi connectivity index (χ0v) is 12.3. The van der Waals surface area contributed by atoms with Crippen molar-refractivity contribution in [2.45, 2.75) is 39.3 Å². The first-order valence-electron chi connectivity index (χ1n) is 6.93. The minimum Gasteiger partial charge on any atom is -0.397 e. The lowest BCUT2D eigenvalue weighted by Crippen LogP contribution is -2.58. The first kappa shape index (κ1) is 14.7. The SMILES string of the molecule is CCOC1CC(Nc2ccc(C(N)=O)cc2N)C1(C)C. The molecular formula is C15H23N3O2. The number of hydrogen-bond donors (Lipinski definition) is 3. The zero-order chi connectivity index (χ0) is 14.9. The van der Waals surface area contributed by atoms with Gasteiger partial charge in [0.25, 0.3) is 0 Å². The Bertz CT molecular complexity index is 514. The van der Waals surface area contributed by atoms with Gasteiger partial charge in [-0.15, -0.1) is 0 Å². The highest BCUT2D eigenvalue weighted by Gasteiger charge is 2.48. The first-order valence-corrected chi connectivity index (χ1v) is 6.93. The molecule has 0 saturated heterocycles. The maximum atomic E-state index is 11.1. The largest absolute Gasteiger partial charge is 0.397 e. The van der Waals surface area contributed by atoms with Crippen LogP contribution in [0.25, 0.3) is 0 Å². The zero-order valence-electron chi connectivity index (χ0n) is 12.3. The Morgan fingerprint density at radius 1 is 1.50 bits per heavy atom. The third-order valence-corrected chi connectivity index (χ3v) is 4.21. The van der Waals surface area contributed by atoms with Crippen LogP contribution in [0.15, 0.2) is 18.2 Å². The van der Waals surface area contributed by atoms with Crippen molar-refractivity contribution in [3.63, 3.8) is 0 Å². The summed E-state index contributed by atoms with van der Waals surface area (Å²) in [7, 11) is 0. The molecule has 0 aliphatic heterocycles. The van der Waals surface area contributed by atoms with E-state index in [-0.39, 0.29) is 11.5 Å². The maximum absolute atomic E-state index is 11.1. The van der Waals surface area contributed by atoms with Gasteiger partial charge in [0.05, 0.1) is 17.5 Å². The second-order valence-electron chi connectivity index (χ2n) is 5.86. The van der Waals surface area contributed by atoms with Crippen molar-refractivity contribution < 1.29 is 9.53 Å². The second-order valence-corrected chi connectivity index (χ2v) is 5.86.